The van der Waals surface area contributed by atoms with E-state index in [-0.39, 0.29) is 5.41 Å². The number of fused-ring (bicyclic) bond motifs is 6. The van der Waals surface area contributed by atoms with E-state index in [2.05, 4.69) is 219 Å². The van der Waals surface area contributed by atoms with Crippen molar-refractivity contribution in [3.63, 3.8) is 0 Å². The van der Waals surface area contributed by atoms with Crippen LogP contribution in [0.5, 0.6) is 0 Å². The second-order valence-electron chi connectivity index (χ2n) is 15.0. The Morgan fingerprint density at radius 2 is 0.852 bits per heavy atom. The first-order valence-electron chi connectivity index (χ1n) is 18.8. The van der Waals surface area contributed by atoms with Gasteiger partial charge in [0.05, 0.1) is 0 Å². The summed E-state index contributed by atoms with van der Waals surface area (Å²) >= 11 is 0. The predicted octanol–water partition coefficient (Wildman–Crippen LogP) is 14.8. The number of anilines is 3. The van der Waals surface area contributed by atoms with Crippen LogP contribution < -0.4 is 4.90 Å². The van der Waals surface area contributed by atoms with Crippen LogP contribution in [0.1, 0.15) is 25.0 Å². The monoisotopic (exact) mass is 689 g/mol. The summed E-state index contributed by atoms with van der Waals surface area (Å²) in [5.74, 6) is 0. The summed E-state index contributed by atoms with van der Waals surface area (Å²) in [7, 11) is 0. The molecule has 0 N–H and O–H groups in total. The number of hydrogen-bond donors (Lipinski definition) is 0. The Morgan fingerprint density at radius 1 is 0.333 bits per heavy atom. The standard InChI is InChI=1S/C53H39N/c1-53(2)50-34-45(31-32-48(50)52-47-20-12-11-19-46(47)49(35-51(52)53)42-26-25-37-15-9-10-16-41(37)33-42)54(43-17-7-4-8-18-43)44-29-27-40(28-30-44)39-23-21-38(22-24-39)36-13-5-3-6-14-36/h3-35H,1-2H3. The average Bonchev–Trinajstić information content (AvgIpc) is 3.46. The zero-order valence-electron chi connectivity index (χ0n) is 30.5. The summed E-state index contributed by atoms with van der Waals surface area (Å²) in [6.45, 7) is 4.79. The van der Waals surface area contributed by atoms with E-state index in [9.17, 15) is 0 Å². The largest absolute Gasteiger partial charge is 0.310 e. The third kappa shape index (κ3) is 5.32. The fourth-order valence-electron chi connectivity index (χ4n) is 8.62. The molecule has 0 fully saturated rings. The van der Waals surface area contributed by atoms with Gasteiger partial charge in [0.15, 0.2) is 0 Å². The molecule has 54 heavy (non-hydrogen) atoms. The van der Waals surface area contributed by atoms with Gasteiger partial charge in [0, 0.05) is 22.5 Å². The Morgan fingerprint density at radius 3 is 1.56 bits per heavy atom. The van der Waals surface area contributed by atoms with Gasteiger partial charge in [0.25, 0.3) is 0 Å². The molecule has 1 heteroatoms. The maximum Gasteiger partial charge on any atom is 0.0465 e. The maximum absolute atomic E-state index is 2.47. The molecule has 0 spiro atoms. The molecule has 0 heterocycles. The maximum atomic E-state index is 2.47. The third-order valence-electron chi connectivity index (χ3n) is 11.4. The smallest absolute Gasteiger partial charge is 0.0465 e. The topological polar surface area (TPSA) is 3.24 Å². The molecule has 0 aromatic heterocycles. The Labute approximate surface area is 317 Å². The number of rotatable bonds is 6. The van der Waals surface area contributed by atoms with Crippen LogP contribution in [0.2, 0.25) is 0 Å². The van der Waals surface area contributed by atoms with Crippen LogP contribution in [0.4, 0.5) is 17.1 Å². The fourth-order valence-corrected chi connectivity index (χ4v) is 8.62. The summed E-state index contributed by atoms with van der Waals surface area (Å²) in [6.07, 6.45) is 0. The van der Waals surface area contributed by atoms with Gasteiger partial charge >= 0.3 is 0 Å². The summed E-state index contributed by atoms with van der Waals surface area (Å²) in [6, 6.07) is 73.2. The lowest BCUT2D eigenvalue weighted by Crippen LogP contribution is -2.16. The van der Waals surface area contributed by atoms with Crippen molar-refractivity contribution < 1.29 is 0 Å². The van der Waals surface area contributed by atoms with E-state index in [4.69, 9.17) is 0 Å². The van der Waals surface area contributed by atoms with Crippen molar-refractivity contribution in [2.45, 2.75) is 19.3 Å². The van der Waals surface area contributed by atoms with E-state index in [1.165, 1.54) is 77.2 Å². The summed E-state index contributed by atoms with van der Waals surface area (Å²) in [5.41, 5.74) is 16.0. The first-order chi connectivity index (χ1) is 26.5. The van der Waals surface area contributed by atoms with Crippen LogP contribution in [0.25, 0.3) is 66.1 Å². The number of nitrogens with zero attached hydrogens (tertiary/aromatic N) is 1. The van der Waals surface area contributed by atoms with Gasteiger partial charge in [-0.2, -0.15) is 0 Å². The van der Waals surface area contributed by atoms with Crippen LogP contribution in [-0.2, 0) is 5.41 Å². The van der Waals surface area contributed by atoms with E-state index in [0.717, 1.165) is 17.1 Å². The lowest BCUT2D eigenvalue weighted by atomic mass is 9.80. The molecule has 1 aliphatic carbocycles. The minimum Gasteiger partial charge on any atom is -0.310 e. The van der Waals surface area contributed by atoms with Gasteiger partial charge in [-0.05, 0) is 126 Å². The molecular weight excluding hydrogens is 651 g/mol. The van der Waals surface area contributed by atoms with Gasteiger partial charge in [-0.1, -0.05) is 166 Å². The normalized spacial score (nSPS) is 12.8. The molecule has 0 atom stereocenters. The lowest BCUT2D eigenvalue weighted by Gasteiger charge is -2.28. The predicted molar refractivity (Wildman–Crippen MR) is 230 cm³/mol. The van der Waals surface area contributed by atoms with Crippen molar-refractivity contribution in [3.05, 3.63) is 211 Å². The molecule has 0 radical (unpaired) electrons. The van der Waals surface area contributed by atoms with Crippen molar-refractivity contribution in [1.29, 1.82) is 0 Å². The Bertz CT molecular complexity index is 2810. The van der Waals surface area contributed by atoms with Gasteiger partial charge < -0.3 is 4.90 Å². The second kappa shape index (κ2) is 12.8. The highest BCUT2D eigenvalue weighted by atomic mass is 15.1. The van der Waals surface area contributed by atoms with Crippen LogP contribution in [0, 0.1) is 0 Å². The number of para-hydroxylation sites is 1. The molecule has 1 nitrogen and oxygen atoms in total. The van der Waals surface area contributed by atoms with Crippen molar-refractivity contribution in [2.24, 2.45) is 0 Å². The van der Waals surface area contributed by atoms with Crippen molar-refractivity contribution >= 4 is 38.6 Å². The molecule has 0 saturated carbocycles. The second-order valence-corrected chi connectivity index (χ2v) is 15.0. The molecule has 0 amide bonds. The molecule has 10 rings (SSSR count). The fraction of sp³-hybridized carbons (Fsp3) is 0.0566. The minimum atomic E-state index is -0.200. The SMILES string of the molecule is CC1(C)c2cc(N(c3ccccc3)c3ccc(-c4ccc(-c5ccccc5)cc4)cc3)ccc2-c2c1cc(-c1ccc3ccccc3c1)c1ccccc21. The Kier molecular flexibility index (Phi) is 7.56. The number of hydrogen-bond acceptors (Lipinski definition) is 1. The van der Waals surface area contributed by atoms with Crippen LogP contribution in [0.3, 0.4) is 0 Å². The van der Waals surface area contributed by atoms with Gasteiger partial charge in [-0.25, -0.2) is 0 Å². The molecular formula is C53H39N. The highest BCUT2D eigenvalue weighted by molar-refractivity contribution is 6.10. The zero-order chi connectivity index (χ0) is 36.2. The Hall–Kier alpha value is -6.70. The number of benzene rings is 9. The van der Waals surface area contributed by atoms with Crippen molar-refractivity contribution in [3.8, 4) is 44.5 Å². The lowest BCUT2D eigenvalue weighted by molar-refractivity contribution is 0.661. The molecule has 256 valence electrons. The molecule has 0 saturated heterocycles. The van der Waals surface area contributed by atoms with Crippen LogP contribution >= 0.6 is 0 Å². The van der Waals surface area contributed by atoms with E-state index < -0.39 is 0 Å². The molecule has 0 aliphatic heterocycles. The van der Waals surface area contributed by atoms with Crippen molar-refractivity contribution in [2.75, 3.05) is 4.90 Å². The van der Waals surface area contributed by atoms with Crippen molar-refractivity contribution in [1.82, 2.24) is 0 Å². The van der Waals surface area contributed by atoms with E-state index >= 15 is 0 Å². The van der Waals surface area contributed by atoms with Gasteiger partial charge in [0.2, 0.25) is 0 Å². The summed E-state index contributed by atoms with van der Waals surface area (Å²) < 4.78 is 0. The van der Waals surface area contributed by atoms with Gasteiger partial charge in [0.1, 0.15) is 0 Å². The minimum absolute atomic E-state index is 0.200. The molecule has 9 aromatic carbocycles. The van der Waals surface area contributed by atoms with E-state index in [0.29, 0.717) is 0 Å². The van der Waals surface area contributed by atoms with E-state index in [1.807, 2.05) is 0 Å². The van der Waals surface area contributed by atoms with Gasteiger partial charge in [-0.15, -0.1) is 0 Å². The molecule has 9 aromatic rings. The first-order valence-corrected chi connectivity index (χ1v) is 18.8. The molecule has 0 unspecified atom stereocenters. The van der Waals surface area contributed by atoms with Crippen LogP contribution in [0.15, 0.2) is 200 Å². The third-order valence-corrected chi connectivity index (χ3v) is 11.4. The summed E-state index contributed by atoms with van der Waals surface area (Å²) in [4.78, 5) is 2.39. The first kappa shape index (κ1) is 32.0. The molecule has 0 bridgehead atoms. The van der Waals surface area contributed by atoms with Gasteiger partial charge in [-0.3, -0.25) is 0 Å². The Balaban J connectivity index is 1.06. The average molecular weight is 690 g/mol. The quantitative estimate of drug-likeness (QED) is 0.168. The summed E-state index contributed by atoms with van der Waals surface area (Å²) in [5, 5.41) is 5.13. The van der Waals surface area contributed by atoms with Crippen LogP contribution in [-0.4, -0.2) is 0 Å². The molecule has 1 aliphatic rings. The highest BCUT2D eigenvalue weighted by Gasteiger charge is 2.38. The van der Waals surface area contributed by atoms with E-state index in [1.54, 1.807) is 0 Å². The highest BCUT2D eigenvalue weighted by Crippen LogP contribution is 2.54. The zero-order valence-corrected chi connectivity index (χ0v) is 30.5.